The van der Waals surface area contributed by atoms with Gasteiger partial charge < -0.3 is 19.9 Å². The van der Waals surface area contributed by atoms with Crippen LogP contribution in [0.5, 0.6) is 5.75 Å². The summed E-state index contributed by atoms with van der Waals surface area (Å²) in [4.78, 5) is 4.35. The van der Waals surface area contributed by atoms with Crippen LogP contribution in [-0.2, 0) is 6.54 Å². The van der Waals surface area contributed by atoms with Gasteiger partial charge in [-0.1, -0.05) is 6.07 Å². The van der Waals surface area contributed by atoms with E-state index in [0.29, 0.717) is 5.41 Å². The van der Waals surface area contributed by atoms with Crippen LogP contribution in [0.2, 0.25) is 0 Å². The zero-order chi connectivity index (χ0) is 20.8. The second-order valence-electron chi connectivity index (χ2n) is 9.79. The lowest BCUT2D eigenvalue weighted by Gasteiger charge is -2.28. The molecular formula is C26H30FN3O. The first-order chi connectivity index (χ1) is 15.2. The molecule has 3 aliphatic heterocycles. The first-order valence-corrected chi connectivity index (χ1v) is 11.6. The fourth-order valence-corrected chi connectivity index (χ4v) is 5.26. The lowest BCUT2D eigenvalue weighted by atomic mass is 9.86. The van der Waals surface area contributed by atoms with E-state index < -0.39 is 0 Å². The van der Waals surface area contributed by atoms with E-state index >= 15 is 4.39 Å². The maximum absolute atomic E-state index is 15.1. The predicted octanol–water partition coefficient (Wildman–Crippen LogP) is 4.80. The van der Waals surface area contributed by atoms with Crippen molar-refractivity contribution >= 4 is 17.5 Å². The van der Waals surface area contributed by atoms with Crippen LogP contribution in [0.1, 0.15) is 36.8 Å². The molecule has 2 aromatic carbocycles. The summed E-state index contributed by atoms with van der Waals surface area (Å²) in [7, 11) is 0. The standard InChI is InChI=1S/C26H30FN3O/c27-24-14-22(4-6-25(24)30-12-9-26(18-30)8-10-28-17-26)29-11-7-20-13-23(5-3-21(20)15-29)31-16-19-1-2-19/h3-7,11,13-14,19,28H,1-2,8-10,12,15-18H2. The van der Waals surface area contributed by atoms with Crippen molar-refractivity contribution in [2.45, 2.75) is 32.2 Å². The van der Waals surface area contributed by atoms with Crippen LogP contribution < -0.4 is 19.9 Å². The van der Waals surface area contributed by atoms with E-state index in [4.69, 9.17) is 4.74 Å². The molecule has 1 N–H and O–H groups in total. The topological polar surface area (TPSA) is 27.7 Å². The van der Waals surface area contributed by atoms with Gasteiger partial charge >= 0.3 is 0 Å². The third kappa shape index (κ3) is 3.80. The van der Waals surface area contributed by atoms with Crippen molar-refractivity contribution in [2.24, 2.45) is 11.3 Å². The van der Waals surface area contributed by atoms with Gasteiger partial charge in [-0.25, -0.2) is 4.39 Å². The number of benzene rings is 2. The molecule has 2 aromatic rings. The molecule has 1 atom stereocenters. The molecule has 2 saturated heterocycles. The number of nitrogens with zero attached hydrogens (tertiary/aromatic N) is 2. The number of hydrogen-bond acceptors (Lipinski definition) is 4. The van der Waals surface area contributed by atoms with E-state index in [2.05, 4.69) is 51.7 Å². The van der Waals surface area contributed by atoms with Gasteiger partial charge in [-0.2, -0.15) is 0 Å². The summed E-state index contributed by atoms with van der Waals surface area (Å²) >= 11 is 0. The number of nitrogens with one attached hydrogen (secondary N) is 1. The minimum atomic E-state index is -0.122. The van der Waals surface area contributed by atoms with E-state index in [1.54, 1.807) is 6.07 Å². The van der Waals surface area contributed by atoms with Crippen molar-refractivity contribution in [3.63, 3.8) is 0 Å². The molecule has 3 fully saturated rings. The van der Waals surface area contributed by atoms with E-state index in [9.17, 15) is 0 Å². The molecule has 1 spiro atoms. The fourth-order valence-electron chi connectivity index (χ4n) is 5.26. The number of fused-ring (bicyclic) bond motifs is 1. The maximum Gasteiger partial charge on any atom is 0.148 e. The SMILES string of the molecule is Fc1cc(N2C=Cc3cc(OCC4CC4)ccc3C2)ccc1N1CCC2(CCNC2)C1. The van der Waals surface area contributed by atoms with Crippen molar-refractivity contribution in [3.8, 4) is 5.75 Å². The Bertz CT molecular complexity index is 1010. The molecule has 4 nitrogen and oxygen atoms in total. The quantitative estimate of drug-likeness (QED) is 0.754. The molecule has 5 heteroatoms. The Labute approximate surface area is 183 Å². The number of rotatable bonds is 5. The van der Waals surface area contributed by atoms with Gasteiger partial charge in [0.05, 0.1) is 12.3 Å². The first-order valence-electron chi connectivity index (χ1n) is 11.6. The summed E-state index contributed by atoms with van der Waals surface area (Å²) in [5.41, 5.74) is 4.40. The van der Waals surface area contributed by atoms with Gasteiger partial charge in [0.2, 0.25) is 0 Å². The molecular weight excluding hydrogens is 389 g/mol. The van der Waals surface area contributed by atoms with Crippen LogP contribution in [0.15, 0.2) is 42.6 Å². The van der Waals surface area contributed by atoms with Crippen LogP contribution in [0.4, 0.5) is 15.8 Å². The molecule has 162 valence electrons. The Kier molecular flexibility index (Phi) is 4.67. The lowest BCUT2D eigenvalue weighted by molar-refractivity contribution is 0.299. The van der Waals surface area contributed by atoms with Crippen molar-refractivity contribution < 1.29 is 9.13 Å². The molecule has 4 aliphatic rings. The summed E-state index contributed by atoms with van der Waals surface area (Å²) in [5.74, 6) is 1.57. The molecule has 3 heterocycles. The van der Waals surface area contributed by atoms with Crippen LogP contribution in [-0.4, -0.2) is 32.8 Å². The minimum Gasteiger partial charge on any atom is -0.493 e. The van der Waals surface area contributed by atoms with Crippen molar-refractivity contribution in [1.29, 1.82) is 0 Å². The molecule has 31 heavy (non-hydrogen) atoms. The first kappa shape index (κ1) is 19.2. The summed E-state index contributed by atoms with van der Waals surface area (Å²) in [5, 5.41) is 3.48. The van der Waals surface area contributed by atoms with Gasteiger partial charge in [-0.3, -0.25) is 0 Å². The van der Waals surface area contributed by atoms with Gasteiger partial charge in [0.25, 0.3) is 0 Å². The Hall–Kier alpha value is -2.53. The zero-order valence-corrected chi connectivity index (χ0v) is 17.9. The Morgan fingerprint density at radius 1 is 1.13 bits per heavy atom. The molecule has 6 rings (SSSR count). The second-order valence-corrected chi connectivity index (χ2v) is 9.79. The largest absolute Gasteiger partial charge is 0.493 e. The van der Waals surface area contributed by atoms with Gasteiger partial charge in [0, 0.05) is 43.5 Å². The maximum atomic E-state index is 15.1. The van der Waals surface area contributed by atoms with Crippen molar-refractivity contribution in [2.75, 3.05) is 42.6 Å². The van der Waals surface area contributed by atoms with Gasteiger partial charge in [-0.05, 0) is 85.7 Å². The average molecular weight is 420 g/mol. The summed E-state index contributed by atoms with van der Waals surface area (Å²) in [6, 6.07) is 12.0. The predicted molar refractivity (Wildman–Crippen MR) is 123 cm³/mol. The van der Waals surface area contributed by atoms with Crippen molar-refractivity contribution in [3.05, 3.63) is 59.5 Å². The summed E-state index contributed by atoms with van der Waals surface area (Å²) in [6.45, 7) is 5.63. The number of hydrogen-bond donors (Lipinski definition) is 1. The number of anilines is 2. The molecule has 0 radical (unpaired) electrons. The third-order valence-corrected chi connectivity index (χ3v) is 7.45. The lowest BCUT2D eigenvalue weighted by Crippen LogP contribution is -2.29. The van der Waals surface area contributed by atoms with Crippen LogP contribution in [0.3, 0.4) is 0 Å². The van der Waals surface area contributed by atoms with Crippen LogP contribution >= 0.6 is 0 Å². The second kappa shape index (κ2) is 7.56. The van der Waals surface area contributed by atoms with E-state index in [1.807, 2.05) is 6.07 Å². The number of halogens is 1. The van der Waals surface area contributed by atoms with E-state index in [-0.39, 0.29) is 5.82 Å². The average Bonchev–Trinajstić information content (AvgIpc) is 3.37. The van der Waals surface area contributed by atoms with Gasteiger partial charge in [-0.15, -0.1) is 0 Å². The number of ether oxygens (including phenoxy) is 1. The molecule has 0 aromatic heterocycles. The highest BCUT2D eigenvalue weighted by Crippen LogP contribution is 2.40. The Balaban J connectivity index is 1.15. The molecule has 0 bridgehead atoms. The Morgan fingerprint density at radius 2 is 2.06 bits per heavy atom. The normalized spacial score (nSPS) is 24.8. The smallest absolute Gasteiger partial charge is 0.148 e. The summed E-state index contributed by atoms with van der Waals surface area (Å²) in [6.07, 6.45) is 9.10. The monoisotopic (exact) mass is 419 g/mol. The van der Waals surface area contributed by atoms with E-state index in [0.717, 1.165) is 68.8 Å². The highest BCUT2D eigenvalue weighted by Gasteiger charge is 2.40. The van der Waals surface area contributed by atoms with Crippen LogP contribution in [0, 0.1) is 17.2 Å². The molecule has 1 saturated carbocycles. The van der Waals surface area contributed by atoms with Gasteiger partial charge in [0.15, 0.2) is 0 Å². The summed E-state index contributed by atoms with van der Waals surface area (Å²) < 4.78 is 21.0. The van der Waals surface area contributed by atoms with E-state index in [1.165, 1.54) is 30.4 Å². The van der Waals surface area contributed by atoms with Crippen LogP contribution in [0.25, 0.3) is 6.08 Å². The molecule has 1 unspecified atom stereocenters. The minimum absolute atomic E-state index is 0.122. The molecule has 0 amide bonds. The third-order valence-electron chi connectivity index (χ3n) is 7.45. The van der Waals surface area contributed by atoms with Gasteiger partial charge in [0.1, 0.15) is 11.6 Å². The molecule has 1 aliphatic carbocycles. The Morgan fingerprint density at radius 3 is 2.87 bits per heavy atom. The zero-order valence-electron chi connectivity index (χ0n) is 17.9. The highest BCUT2D eigenvalue weighted by atomic mass is 19.1. The highest BCUT2D eigenvalue weighted by molar-refractivity contribution is 5.67. The van der Waals surface area contributed by atoms with Crippen molar-refractivity contribution in [1.82, 2.24) is 5.32 Å². The fraction of sp³-hybridized carbons (Fsp3) is 0.462.